The summed E-state index contributed by atoms with van der Waals surface area (Å²) in [6.45, 7) is 4.44. The molecular formula is C20H21IN2S2. The predicted octanol–water partition coefficient (Wildman–Crippen LogP) is 6.22. The second-order valence-corrected chi connectivity index (χ2v) is 10.0. The van der Waals surface area contributed by atoms with Crippen molar-refractivity contribution in [3.05, 3.63) is 51.6 Å². The van der Waals surface area contributed by atoms with Gasteiger partial charge in [-0.05, 0) is 78.6 Å². The van der Waals surface area contributed by atoms with Crippen LogP contribution < -0.4 is 4.90 Å². The summed E-state index contributed by atoms with van der Waals surface area (Å²) in [5.41, 5.74) is 2.49. The van der Waals surface area contributed by atoms with E-state index in [1.807, 2.05) is 23.1 Å². The summed E-state index contributed by atoms with van der Waals surface area (Å²) in [5.74, 6) is 2.05. The van der Waals surface area contributed by atoms with Gasteiger partial charge in [0.05, 0.1) is 10.2 Å². The molecule has 25 heavy (non-hydrogen) atoms. The van der Waals surface area contributed by atoms with Crippen molar-refractivity contribution in [1.29, 1.82) is 0 Å². The predicted molar refractivity (Wildman–Crippen MR) is 119 cm³/mol. The van der Waals surface area contributed by atoms with Gasteiger partial charge in [0, 0.05) is 27.3 Å². The first-order valence-electron chi connectivity index (χ1n) is 8.68. The van der Waals surface area contributed by atoms with E-state index in [4.69, 9.17) is 4.98 Å². The molecule has 2 aromatic carbocycles. The van der Waals surface area contributed by atoms with Crippen LogP contribution in [0.25, 0.3) is 10.2 Å². The largest absolute Gasteiger partial charge is 0.348 e. The zero-order chi connectivity index (χ0) is 17.2. The molecule has 1 fully saturated rings. The summed E-state index contributed by atoms with van der Waals surface area (Å²) >= 11 is 6.22. The third-order valence-corrected chi connectivity index (χ3v) is 7.67. The Bertz CT molecular complexity index is 869. The molecule has 0 bridgehead atoms. The molecular weight excluding hydrogens is 459 g/mol. The molecule has 0 radical (unpaired) electrons. The zero-order valence-electron chi connectivity index (χ0n) is 14.2. The van der Waals surface area contributed by atoms with Crippen LogP contribution in [0.3, 0.4) is 0 Å². The van der Waals surface area contributed by atoms with Crippen molar-refractivity contribution >= 4 is 61.0 Å². The Hall–Kier alpha value is -0.790. The highest BCUT2D eigenvalue weighted by Gasteiger charge is 2.21. The average Bonchev–Trinajstić information content (AvgIpc) is 3.03. The Kier molecular flexibility index (Phi) is 5.53. The maximum Gasteiger partial charge on any atom is 0.186 e. The molecule has 0 atom stereocenters. The molecule has 0 saturated carbocycles. The molecule has 2 heterocycles. The molecule has 1 aliphatic rings. The van der Waals surface area contributed by atoms with Crippen LogP contribution >= 0.6 is 45.7 Å². The lowest BCUT2D eigenvalue weighted by molar-refractivity contribution is 0.445. The Balaban J connectivity index is 1.34. The van der Waals surface area contributed by atoms with E-state index in [-0.39, 0.29) is 0 Å². The number of nitrogens with zero attached hydrogens (tertiary/aromatic N) is 2. The van der Waals surface area contributed by atoms with E-state index in [9.17, 15) is 0 Å². The maximum absolute atomic E-state index is 4.84. The number of benzene rings is 2. The van der Waals surface area contributed by atoms with Crippen molar-refractivity contribution in [2.75, 3.05) is 23.7 Å². The summed E-state index contributed by atoms with van der Waals surface area (Å²) < 4.78 is 2.59. The van der Waals surface area contributed by atoms with Crippen LogP contribution in [0.15, 0.2) is 47.4 Å². The minimum absolute atomic E-state index is 0.817. The SMILES string of the molecule is Cc1cccc(SCC2CCN(c3nc4ccc(I)cc4s3)CC2)c1. The number of rotatable bonds is 4. The average molecular weight is 480 g/mol. The molecule has 0 spiro atoms. The minimum atomic E-state index is 0.817. The van der Waals surface area contributed by atoms with Gasteiger partial charge in [-0.25, -0.2) is 4.98 Å². The lowest BCUT2D eigenvalue weighted by Gasteiger charge is -2.31. The van der Waals surface area contributed by atoms with Gasteiger partial charge in [0.1, 0.15) is 0 Å². The summed E-state index contributed by atoms with van der Waals surface area (Å²) in [7, 11) is 0. The van der Waals surface area contributed by atoms with Crippen LogP contribution in [-0.4, -0.2) is 23.8 Å². The number of aromatic nitrogens is 1. The van der Waals surface area contributed by atoms with Crippen LogP contribution in [0.5, 0.6) is 0 Å². The van der Waals surface area contributed by atoms with Crippen molar-refractivity contribution in [3.63, 3.8) is 0 Å². The van der Waals surface area contributed by atoms with Gasteiger partial charge in [0.25, 0.3) is 0 Å². The first-order valence-corrected chi connectivity index (χ1v) is 11.6. The number of anilines is 1. The van der Waals surface area contributed by atoms with Gasteiger partial charge in [-0.15, -0.1) is 11.8 Å². The normalized spacial score (nSPS) is 15.8. The van der Waals surface area contributed by atoms with Crippen LogP contribution in [0.2, 0.25) is 0 Å². The Morgan fingerprint density at radius 3 is 2.84 bits per heavy atom. The first kappa shape index (κ1) is 17.6. The second kappa shape index (κ2) is 7.84. The van der Waals surface area contributed by atoms with E-state index in [2.05, 4.69) is 76.9 Å². The van der Waals surface area contributed by atoms with E-state index in [1.54, 1.807) is 0 Å². The highest BCUT2D eigenvalue weighted by atomic mass is 127. The molecule has 0 N–H and O–H groups in total. The fourth-order valence-electron chi connectivity index (χ4n) is 3.23. The molecule has 3 aromatic rings. The first-order chi connectivity index (χ1) is 12.2. The van der Waals surface area contributed by atoms with Crippen LogP contribution in [0, 0.1) is 16.4 Å². The summed E-state index contributed by atoms with van der Waals surface area (Å²) in [6, 6.07) is 15.4. The Morgan fingerprint density at radius 1 is 1.20 bits per heavy atom. The monoisotopic (exact) mass is 480 g/mol. The van der Waals surface area contributed by atoms with Gasteiger partial charge in [-0.1, -0.05) is 29.0 Å². The quantitative estimate of drug-likeness (QED) is 0.326. The number of thiazole rings is 1. The fourth-order valence-corrected chi connectivity index (χ4v) is 6.20. The molecule has 4 rings (SSSR count). The molecule has 1 aromatic heterocycles. The molecule has 0 aliphatic carbocycles. The molecule has 2 nitrogen and oxygen atoms in total. The Labute approximate surface area is 171 Å². The van der Waals surface area contributed by atoms with E-state index >= 15 is 0 Å². The van der Waals surface area contributed by atoms with Crippen molar-refractivity contribution in [2.45, 2.75) is 24.7 Å². The number of piperidine rings is 1. The molecule has 0 amide bonds. The van der Waals surface area contributed by atoms with Gasteiger partial charge < -0.3 is 4.90 Å². The molecule has 5 heteroatoms. The smallest absolute Gasteiger partial charge is 0.186 e. The van der Waals surface area contributed by atoms with E-state index in [0.717, 1.165) is 24.5 Å². The number of halogens is 1. The highest BCUT2D eigenvalue weighted by Crippen LogP contribution is 2.33. The molecule has 130 valence electrons. The number of thioether (sulfide) groups is 1. The third-order valence-electron chi connectivity index (χ3n) is 4.70. The zero-order valence-corrected chi connectivity index (χ0v) is 18.0. The third kappa shape index (κ3) is 4.31. The van der Waals surface area contributed by atoms with Gasteiger partial charge in [0.2, 0.25) is 0 Å². The lowest BCUT2D eigenvalue weighted by Crippen LogP contribution is -2.34. The summed E-state index contributed by atoms with van der Waals surface area (Å²) in [4.78, 5) is 8.73. The summed E-state index contributed by atoms with van der Waals surface area (Å²) in [5, 5.41) is 1.20. The van der Waals surface area contributed by atoms with Crippen molar-refractivity contribution in [2.24, 2.45) is 5.92 Å². The summed E-state index contributed by atoms with van der Waals surface area (Å²) in [6.07, 6.45) is 2.54. The highest BCUT2D eigenvalue weighted by molar-refractivity contribution is 14.1. The van der Waals surface area contributed by atoms with Crippen molar-refractivity contribution < 1.29 is 0 Å². The van der Waals surface area contributed by atoms with Gasteiger partial charge in [-0.2, -0.15) is 0 Å². The van der Waals surface area contributed by atoms with Gasteiger partial charge in [-0.3, -0.25) is 0 Å². The molecule has 1 aliphatic heterocycles. The Morgan fingerprint density at radius 2 is 2.04 bits per heavy atom. The fraction of sp³-hybridized carbons (Fsp3) is 0.350. The number of aryl methyl sites for hydroxylation is 1. The number of fused-ring (bicyclic) bond motifs is 1. The van der Waals surface area contributed by atoms with E-state index < -0.39 is 0 Å². The molecule has 1 saturated heterocycles. The minimum Gasteiger partial charge on any atom is -0.348 e. The van der Waals surface area contributed by atoms with Crippen molar-refractivity contribution in [3.8, 4) is 0 Å². The van der Waals surface area contributed by atoms with Crippen LogP contribution in [-0.2, 0) is 0 Å². The van der Waals surface area contributed by atoms with Crippen LogP contribution in [0.4, 0.5) is 5.13 Å². The second-order valence-electron chi connectivity index (χ2n) is 6.67. The molecule has 0 unspecified atom stereocenters. The number of hydrogen-bond donors (Lipinski definition) is 0. The van der Waals surface area contributed by atoms with E-state index in [1.165, 1.54) is 42.5 Å². The van der Waals surface area contributed by atoms with Crippen molar-refractivity contribution in [1.82, 2.24) is 4.98 Å². The standard InChI is InChI=1S/C20H21IN2S2/c1-14-3-2-4-17(11-14)24-13-15-7-9-23(10-8-15)20-22-18-6-5-16(21)12-19(18)25-20/h2-6,11-12,15H,7-10,13H2,1H3. The lowest BCUT2D eigenvalue weighted by atomic mass is 9.99. The van der Waals surface area contributed by atoms with Gasteiger partial charge >= 0.3 is 0 Å². The van der Waals surface area contributed by atoms with Gasteiger partial charge in [0.15, 0.2) is 5.13 Å². The topological polar surface area (TPSA) is 16.1 Å². The van der Waals surface area contributed by atoms with E-state index in [0.29, 0.717) is 0 Å². The van der Waals surface area contributed by atoms with Crippen LogP contribution in [0.1, 0.15) is 18.4 Å². The maximum atomic E-state index is 4.84. The number of hydrogen-bond acceptors (Lipinski definition) is 4.